The van der Waals surface area contributed by atoms with E-state index in [1.165, 1.54) is 0 Å². The summed E-state index contributed by atoms with van der Waals surface area (Å²) in [5.41, 5.74) is 0.858. The Kier molecular flexibility index (Phi) is 12.9. The van der Waals surface area contributed by atoms with Crippen molar-refractivity contribution in [1.82, 2.24) is 20.1 Å². The number of nitrogens with zero attached hydrogens (tertiary/aromatic N) is 2. The first-order valence-corrected chi connectivity index (χ1v) is 14.2. The van der Waals surface area contributed by atoms with Gasteiger partial charge in [-0.3, -0.25) is 9.59 Å². The second kappa shape index (κ2) is 15.1. The Hall–Kier alpha value is -2.00. The van der Waals surface area contributed by atoms with Gasteiger partial charge in [-0.2, -0.15) is 0 Å². The van der Waals surface area contributed by atoms with Crippen LogP contribution in [-0.2, 0) is 16.1 Å². The summed E-state index contributed by atoms with van der Waals surface area (Å²) in [6, 6.07) is 5.89. The number of methoxy groups -OCH3 is 1. The molecule has 2 amide bonds. The second-order valence-corrected chi connectivity index (χ2v) is 11.7. The molecule has 1 saturated heterocycles. The van der Waals surface area contributed by atoms with Crippen LogP contribution in [0.1, 0.15) is 70.8 Å². The molecule has 2 N–H and O–H groups in total. The van der Waals surface area contributed by atoms with Crippen LogP contribution < -0.4 is 15.4 Å². The van der Waals surface area contributed by atoms with E-state index in [4.69, 9.17) is 21.1 Å². The third-order valence-electron chi connectivity index (χ3n) is 6.95. The monoisotopic (exact) mass is 584 g/mol. The van der Waals surface area contributed by atoms with Crippen molar-refractivity contribution in [2.75, 3.05) is 40.0 Å². The van der Waals surface area contributed by atoms with Crippen molar-refractivity contribution < 1.29 is 19.1 Å². The van der Waals surface area contributed by atoms with E-state index in [2.05, 4.69) is 24.5 Å². The third kappa shape index (κ3) is 8.26. The van der Waals surface area contributed by atoms with Gasteiger partial charge in [0, 0.05) is 49.7 Å². The molecule has 2 heterocycles. The fraction of sp³-hybridized carbons (Fsp3) is 0.655. The normalized spacial score (nSPS) is 15.7. The standard InChI is InChI=1S/C29H45ClN4O4.ClH/c1-20(2)34(21-11-10-14-31-19-21)27(35)26-24(30)22-12-9-13-23(25(22)33(26)16-7-8-17-37-6)38-18-15-32-28(36)29(3,4)5;/h9,12-13,20-21,31H,7-8,10-11,14-19H2,1-6H3,(H,32,36);1H/t21-;/m1./s1. The minimum atomic E-state index is -0.462. The van der Waals surface area contributed by atoms with E-state index in [0.717, 1.165) is 49.7 Å². The molecule has 1 aliphatic heterocycles. The van der Waals surface area contributed by atoms with Gasteiger partial charge >= 0.3 is 0 Å². The Labute approximate surface area is 244 Å². The van der Waals surface area contributed by atoms with E-state index < -0.39 is 5.41 Å². The summed E-state index contributed by atoms with van der Waals surface area (Å²) in [5.74, 6) is 0.573. The van der Waals surface area contributed by atoms with Crippen LogP contribution in [0.5, 0.6) is 5.75 Å². The highest BCUT2D eigenvalue weighted by atomic mass is 35.5. The number of carbonyl (C=O) groups excluding carboxylic acids is 2. The molecule has 1 aromatic carbocycles. The maximum absolute atomic E-state index is 14.2. The maximum Gasteiger partial charge on any atom is 0.272 e. The number of halogens is 2. The smallest absolute Gasteiger partial charge is 0.272 e. The number of hydrogen-bond donors (Lipinski definition) is 2. The van der Waals surface area contributed by atoms with Gasteiger partial charge in [-0.25, -0.2) is 0 Å². The van der Waals surface area contributed by atoms with Crippen LogP contribution in [0.25, 0.3) is 10.9 Å². The van der Waals surface area contributed by atoms with Crippen LogP contribution >= 0.6 is 24.0 Å². The van der Waals surface area contributed by atoms with Crippen molar-refractivity contribution in [3.63, 3.8) is 0 Å². The lowest BCUT2D eigenvalue weighted by Crippen LogP contribution is -2.52. The van der Waals surface area contributed by atoms with E-state index in [0.29, 0.717) is 42.8 Å². The quantitative estimate of drug-likeness (QED) is 0.331. The number of ether oxygens (including phenoxy) is 2. The van der Waals surface area contributed by atoms with Crippen LogP contribution in [0.3, 0.4) is 0 Å². The molecule has 0 unspecified atom stereocenters. The van der Waals surface area contributed by atoms with Gasteiger partial charge in [-0.05, 0) is 52.1 Å². The molecule has 1 aliphatic rings. The first-order valence-electron chi connectivity index (χ1n) is 13.8. The molecule has 3 rings (SSSR count). The molecule has 1 aromatic heterocycles. The lowest BCUT2D eigenvalue weighted by Gasteiger charge is -2.38. The molecule has 1 fully saturated rings. The molecular formula is C29H46Cl2N4O4. The fourth-order valence-corrected chi connectivity index (χ4v) is 5.34. The third-order valence-corrected chi connectivity index (χ3v) is 7.33. The predicted octanol–water partition coefficient (Wildman–Crippen LogP) is 5.29. The number of amides is 2. The zero-order chi connectivity index (χ0) is 27.9. The van der Waals surface area contributed by atoms with Gasteiger partial charge in [-0.15, -0.1) is 12.4 Å². The van der Waals surface area contributed by atoms with Crippen molar-refractivity contribution in [2.24, 2.45) is 5.41 Å². The van der Waals surface area contributed by atoms with E-state index in [1.54, 1.807) is 7.11 Å². The van der Waals surface area contributed by atoms with Crippen molar-refractivity contribution >= 4 is 46.7 Å². The summed E-state index contributed by atoms with van der Waals surface area (Å²) >= 11 is 6.99. The number of aryl methyl sites for hydroxylation is 1. The Bertz CT molecular complexity index is 1090. The summed E-state index contributed by atoms with van der Waals surface area (Å²) < 4.78 is 13.5. The fourth-order valence-electron chi connectivity index (χ4n) is 5.01. The molecule has 0 spiro atoms. The highest BCUT2D eigenvalue weighted by Crippen LogP contribution is 2.38. The number of unbranched alkanes of at least 4 members (excludes halogenated alkanes) is 1. The Morgan fingerprint density at radius 1 is 1.23 bits per heavy atom. The van der Waals surface area contributed by atoms with Crippen LogP contribution in [0.2, 0.25) is 5.02 Å². The highest BCUT2D eigenvalue weighted by molar-refractivity contribution is 6.39. The summed E-state index contributed by atoms with van der Waals surface area (Å²) in [6.45, 7) is 13.5. The molecule has 1 atom stereocenters. The number of benzene rings is 1. The van der Waals surface area contributed by atoms with Gasteiger partial charge in [0.1, 0.15) is 18.1 Å². The maximum atomic E-state index is 14.2. The minimum Gasteiger partial charge on any atom is -0.490 e. The number of aromatic nitrogens is 1. The van der Waals surface area contributed by atoms with Crippen LogP contribution in [-0.4, -0.2) is 73.3 Å². The number of para-hydroxylation sites is 1. The highest BCUT2D eigenvalue weighted by Gasteiger charge is 2.33. The predicted molar refractivity (Wildman–Crippen MR) is 160 cm³/mol. The molecule has 39 heavy (non-hydrogen) atoms. The molecule has 0 radical (unpaired) electrons. The van der Waals surface area contributed by atoms with E-state index >= 15 is 0 Å². The summed E-state index contributed by atoms with van der Waals surface area (Å²) in [6.07, 6.45) is 3.70. The van der Waals surface area contributed by atoms with Gasteiger partial charge in [0.05, 0.1) is 17.1 Å². The van der Waals surface area contributed by atoms with Gasteiger partial charge in [0.2, 0.25) is 5.91 Å². The summed E-state index contributed by atoms with van der Waals surface area (Å²) in [4.78, 5) is 28.4. The average molecular weight is 586 g/mol. The molecule has 0 bridgehead atoms. The van der Waals surface area contributed by atoms with Crippen LogP contribution in [0.4, 0.5) is 0 Å². The number of rotatable bonds is 12. The summed E-state index contributed by atoms with van der Waals surface area (Å²) in [7, 11) is 1.69. The average Bonchev–Trinajstić information content (AvgIpc) is 3.16. The van der Waals surface area contributed by atoms with E-state index in [9.17, 15) is 9.59 Å². The zero-order valence-electron chi connectivity index (χ0n) is 24.3. The first kappa shape index (κ1) is 33.2. The van der Waals surface area contributed by atoms with Gasteiger partial charge < -0.3 is 29.6 Å². The molecule has 8 nitrogen and oxygen atoms in total. The topological polar surface area (TPSA) is 84.8 Å². The lowest BCUT2D eigenvalue weighted by atomic mass is 9.96. The van der Waals surface area contributed by atoms with Crippen molar-refractivity contribution in [2.45, 2.75) is 78.9 Å². The minimum absolute atomic E-state index is 0. The molecular weight excluding hydrogens is 539 g/mol. The van der Waals surface area contributed by atoms with Crippen molar-refractivity contribution in [3.05, 3.63) is 28.9 Å². The summed E-state index contributed by atoms with van der Waals surface area (Å²) in [5, 5.41) is 7.61. The van der Waals surface area contributed by atoms with Gasteiger partial charge in [0.15, 0.2) is 0 Å². The van der Waals surface area contributed by atoms with Gasteiger partial charge in [0.25, 0.3) is 5.91 Å². The molecule has 2 aromatic rings. The Morgan fingerprint density at radius 3 is 2.59 bits per heavy atom. The molecule has 10 heteroatoms. The SMILES string of the molecule is COCCCCn1c(C(=O)N(C(C)C)[C@@H]2CCCNC2)c(Cl)c2cccc(OCCNC(=O)C(C)(C)C)c21.Cl. The zero-order valence-corrected chi connectivity index (χ0v) is 25.8. The number of carbonyl (C=O) groups is 2. The van der Waals surface area contributed by atoms with Gasteiger partial charge in [-0.1, -0.05) is 44.5 Å². The first-order chi connectivity index (χ1) is 18.1. The van der Waals surface area contributed by atoms with Crippen LogP contribution in [0, 0.1) is 5.41 Å². The van der Waals surface area contributed by atoms with E-state index in [-0.39, 0.29) is 36.3 Å². The number of fused-ring (bicyclic) bond motifs is 1. The van der Waals surface area contributed by atoms with Crippen LogP contribution in [0.15, 0.2) is 18.2 Å². The van der Waals surface area contributed by atoms with Crippen molar-refractivity contribution in [1.29, 1.82) is 0 Å². The molecule has 220 valence electrons. The second-order valence-electron chi connectivity index (χ2n) is 11.3. The number of hydrogen-bond acceptors (Lipinski definition) is 5. The van der Waals surface area contributed by atoms with E-state index in [1.807, 2.05) is 48.4 Å². The Balaban J connectivity index is 0.00000533. The lowest BCUT2D eigenvalue weighted by molar-refractivity contribution is -0.128. The number of nitrogens with one attached hydrogen (secondary N) is 2. The Morgan fingerprint density at radius 2 is 1.97 bits per heavy atom. The number of piperidine rings is 1. The molecule has 0 aliphatic carbocycles. The largest absolute Gasteiger partial charge is 0.490 e. The van der Waals surface area contributed by atoms with Crippen molar-refractivity contribution in [3.8, 4) is 5.75 Å². The molecule has 0 saturated carbocycles.